The summed E-state index contributed by atoms with van der Waals surface area (Å²) in [6.07, 6.45) is 1.88. The third-order valence-corrected chi connectivity index (χ3v) is 3.94. The van der Waals surface area contributed by atoms with Crippen molar-refractivity contribution in [2.45, 2.75) is 33.6 Å². The molecule has 0 atom stereocenters. The lowest BCUT2D eigenvalue weighted by Gasteiger charge is -2.09. The molecule has 0 spiro atoms. The first kappa shape index (κ1) is 17.0. The van der Waals surface area contributed by atoms with Gasteiger partial charge in [-0.3, -0.25) is 5.10 Å². The van der Waals surface area contributed by atoms with E-state index in [-0.39, 0.29) is 5.95 Å². The molecule has 25 heavy (non-hydrogen) atoms. The fourth-order valence-corrected chi connectivity index (χ4v) is 2.92. The van der Waals surface area contributed by atoms with Gasteiger partial charge in [-0.2, -0.15) is 10.1 Å². The number of aromatic amines is 1. The predicted octanol–water partition coefficient (Wildman–Crippen LogP) is 3.42. The van der Waals surface area contributed by atoms with Crippen LogP contribution in [0.3, 0.4) is 0 Å². The van der Waals surface area contributed by atoms with Crippen molar-refractivity contribution in [1.29, 1.82) is 0 Å². The summed E-state index contributed by atoms with van der Waals surface area (Å²) in [7, 11) is 0. The molecule has 0 radical (unpaired) electrons. The molecule has 0 aliphatic heterocycles. The number of hydrogen-bond donors (Lipinski definition) is 3. The Labute approximate surface area is 147 Å². The van der Waals surface area contributed by atoms with E-state index >= 15 is 0 Å². The Bertz CT molecular complexity index is 848. The Hall–Kier alpha value is -2.89. The van der Waals surface area contributed by atoms with E-state index in [9.17, 15) is 0 Å². The van der Waals surface area contributed by atoms with Gasteiger partial charge in [-0.1, -0.05) is 17.2 Å². The Morgan fingerprint density at radius 2 is 1.76 bits per heavy atom. The maximum absolute atomic E-state index is 5.89. The minimum atomic E-state index is 0.280. The molecule has 0 saturated heterocycles. The zero-order chi connectivity index (χ0) is 17.8. The Morgan fingerprint density at radius 1 is 1.00 bits per heavy atom. The van der Waals surface area contributed by atoms with Crippen LogP contribution in [-0.4, -0.2) is 26.7 Å². The SMILES string of the molecule is Cc1cc(C)cc(-c2cc(NCCCc3cc(C)[nH]n3)nc(N)n2)c1. The van der Waals surface area contributed by atoms with Crippen LogP contribution in [0.15, 0.2) is 30.3 Å². The molecule has 0 bridgehead atoms. The summed E-state index contributed by atoms with van der Waals surface area (Å²) in [4.78, 5) is 8.66. The molecule has 0 aliphatic carbocycles. The van der Waals surface area contributed by atoms with Gasteiger partial charge in [-0.25, -0.2) is 4.98 Å². The van der Waals surface area contributed by atoms with E-state index in [1.165, 1.54) is 11.1 Å². The standard InChI is InChI=1S/C19H24N6/c1-12-7-13(2)9-15(8-12)17-11-18(23-19(20)22-17)21-6-4-5-16-10-14(3)24-25-16/h7-11H,4-6H2,1-3H3,(H,24,25)(H3,20,21,22,23). The maximum atomic E-state index is 5.89. The maximum Gasteiger partial charge on any atom is 0.222 e. The molecular weight excluding hydrogens is 312 g/mol. The number of nitrogens with two attached hydrogens (primary N) is 1. The van der Waals surface area contributed by atoms with Crippen molar-refractivity contribution in [1.82, 2.24) is 20.2 Å². The van der Waals surface area contributed by atoms with E-state index in [4.69, 9.17) is 5.73 Å². The first-order valence-corrected chi connectivity index (χ1v) is 8.47. The summed E-state index contributed by atoms with van der Waals surface area (Å²) in [6, 6.07) is 10.4. The van der Waals surface area contributed by atoms with Crippen molar-refractivity contribution in [3.63, 3.8) is 0 Å². The molecule has 4 N–H and O–H groups in total. The fourth-order valence-electron chi connectivity index (χ4n) is 2.92. The molecule has 1 aromatic carbocycles. The smallest absolute Gasteiger partial charge is 0.222 e. The van der Waals surface area contributed by atoms with Gasteiger partial charge in [0.2, 0.25) is 5.95 Å². The highest BCUT2D eigenvalue weighted by Crippen LogP contribution is 2.23. The minimum Gasteiger partial charge on any atom is -0.370 e. The summed E-state index contributed by atoms with van der Waals surface area (Å²) in [5, 5.41) is 10.5. The van der Waals surface area contributed by atoms with Gasteiger partial charge in [0.25, 0.3) is 0 Å². The average Bonchev–Trinajstić information content (AvgIpc) is 2.95. The van der Waals surface area contributed by atoms with Crippen molar-refractivity contribution in [2.75, 3.05) is 17.6 Å². The molecule has 0 saturated carbocycles. The van der Waals surface area contributed by atoms with E-state index in [0.717, 1.165) is 47.8 Å². The normalized spacial score (nSPS) is 10.8. The number of H-pyrrole nitrogens is 1. The van der Waals surface area contributed by atoms with Gasteiger partial charge in [-0.05, 0) is 51.8 Å². The van der Waals surface area contributed by atoms with Gasteiger partial charge in [0.05, 0.1) is 11.4 Å². The minimum absolute atomic E-state index is 0.280. The van der Waals surface area contributed by atoms with Crippen molar-refractivity contribution >= 4 is 11.8 Å². The van der Waals surface area contributed by atoms with Crippen molar-refractivity contribution < 1.29 is 0 Å². The van der Waals surface area contributed by atoms with Crippen LogP contribution in [0.2, 0.25) is 0 Å². The number of hydrogen-bond acceptors (Lipinski definition) is 5. The summed E-state index contributed by atoms with van der Waals surface area (Å²) < 4.78 is 0. The first-order chi connectivity index (χ1) is 12.0. The van der Waals surface area contributed by atoms with E-state index < -0.39 is 0 Å². The average molecular weight is 336 g/mol. The lowest BCUT2D eigenvalue weighted by atomic mass is 10.0. The second-order valence-electron chi connectivity index (χ2n) is 6.45. The highest BCUT2D eigenvalue weighted by Gasteiger charge is 2.06. The molecule has 6 heteroatoms. The number of benzene rings is 1. The fraction of sp³-hybridized carbons (Fsp3) is 0.316. The largest absolute Gasteiger partial charge is 0.370 e. The molecular formula is C19H24N6. The molecule has 3 aromatic rings. The number of aryl methyl sites for hydroxylation is 4. The molecule has 0 fully saturated rings. The number of nitrogen functional groups attached to an aromatic ring is 1. The second-order valence-corrected chi connectivity index (χ2v) is 6.45. The zero-order valence-electron chi connectivity index (χ0n) is 14.9. The van der Waals surface area contributed by atoms with Gasteiger partial charge in [0.1, 0.15) is 5.82 Å². The number of rotatable bonds is 6. The third kappa shape index (κ3) is 4.56. The topological polar surface area (TPSA) is 92.5 Å². The molecule has 2 aromatic heterocycles. The summed E-state index contributed by atoms with van der Waals surface area (Å²) in [5.41, 5.74) is 12.4. The first-order valence-electron chi connectivity index (χ1n) is 8.47. The number of anilines is 2. The van der Waals surface area contributed by atoms with Crippen molar-refractivity contribution in [3.05, 3.63) is 52.8 Å². The monoisotopic (exact) mass is 336 g/mol. The van der Waals surface area contributed by atoms with Crippen LogP contribution < -0.4 is 11.1 Å². The summed E-state index contributed by atoms with van der Waals surface area (Å²) in [6.45, 7) is 6.97. The highest BCUT2D eigenvalue weighted by atomic mass is 15.1. The molecule has 6 nitrogen and oxygen atoms in total. The van der Waals surface area contributed by atoms with Crippen molar-refractivity contribution in [3.8, 4) is 11.3 Å². The van der Waals surface area contributed by atoms with E-state index in [1.807, 2.05) is 13.0 Å². The summed E-state index contributed by atoms with van der Waals surface area (Å²) in [5.74, 6) is 1.03. The lowest BCUT2D eigenvalue weighted by Crippen LogP contribution is -2.07. The van der Waals surface area contributed by atoms with E-state index in [1.54, 1.807) is 0 Å². The van der Waals surface area contributed by atoms with Gasteiger partial charge in [0.15, 0.2) is 0 Å². The summed E-state index contributed by atoms with van der Waals surface area (Å²) >= 11 is 0. The highest BCUT2D eigenvalue weighted by molar-refractivity contribution is 5.65. The van der Waals surface area contributed by atoms with E-state index in [2.05, 4.69) is 63.6 Å². The van der Waals surface area contributed by atoms with Gasteiger partial charge in [0, 0.05) is 23.9 Å². The van der Waals surface area contributed by atoms with Crippen LogP contribution in [0, 0.1) is 20.8 Å². The van der Waals surface area contributed by atoms with Crippen LogP contribution in [0.25, 0.3) is 11.3 Å². The predicted molar refractivity (Wildman–Crippen MR) is 101 cm³/mol. The molecule has 0 unspecified atom stereocenters. The number of nitrogens with one attached hydrogen (secondary N) is 2. The molecule has 130 valence electrons. The number of aromatic nitrogens is 4. The third-order valence-electron chi connectivity index (χ3n) is 3.94. The Morgan fingerprint density at radius 3 is 2.44 bits per heavy atom. The lowest BCUT2D eigenvalue weighted by molar-refractivity contribution is 0.823. The van der Waals surface area contributed by atoms with E-state index in [0.29, 0.717) is 0 Å². The van der Waals surface area contributed by atoms with Gasteiger partial charge < -0.3 is 11.1 Å². The molecule has 0 amide bonds. The van der Waals surface area contributed by atoms with Crippen LogP contribution in [0.5, 0.6) is 0 Å². The van der Waals surface area contributed by atoms with Gasteiger partial charge >= 0.3 is 0 Å². The van der Waals surface area contributed by atoms with Crippen LogP contribution in [0.4, 0.5) is 11.8 Å². The molecule has 3 rings (SSSR count). The Kier molecular flexibility index (Phi) is 4.97. The molecule has 2 heterocycles. The Balaban J connectivity index is 1.66. The number of nitrogens with zero attached hydrogens (tertiary/aromatic N) is 3. The second kappa shape index (κ2) is 7.34. The quantitative estimate of drug-likeness (QED) is 0.600. The van der Waals surface area contributed by atoms with Crippen LogP contribution in [0.1, 0.15) is 28.9 Å². The van der Waals surface area contributed by atoms with Crippen molar-refractivity contribution in [2.24, 2.45) is 0 Å². The van der Waals surface area contributed by atoms with Gasteiger partial charge in [-0.15, -0.1) is 0 Å². The molecule has 0 aliphatic rings. The van der Waals surface area contributed by atoms with Crippen LogP contribution in [-0.2, 0) is 6.42 Å². The zero-order valence-corrected chi connectivity index (χ0v) is 14.9. The van der Waals surface area contributed by atoms with Crippen LogP contribution >= 0.6 is 0 Å².